The van der Waals surface area contributed by atoms with E-state index in [1.165, 1.54) is 0 Å². The lowest BCUT2D eigenvalue weighted by Crippen LogP contribution is -2.59. The zero-order chi connectivity index (χ0) is 17.0. The van der Waals surface area contributed by atoms with Gasteiger partial charge in [0.05, 0.1) is 25.6 Å². The van der Waals surface area contributed by atoms with Crippen LogP contribution >= 0.6 is 0 Å². The van der Waals surface area contributed by atoms with Crippen molar-refractivity contribution in [3.8, 4) is 0 Å². The van der Waals surface area contributed by atoms with Gasteiger partial charge in [-0.15, -0.1) is 0 Å². The molecule has 134 valence electrons. The fourth-order valence-corrected chi connectivity index (χ4v) is 4.43. The van der Waals surface area contributed by atoms with Crippen molar-refractivity contribution in [3.05, 3.63) is 30.1 Å². The molecule has 1 atom stereocenters. The Kier molecular flexibility index (Phi) is 5.51. The molecule has 24 heavy (non-hydrogen) atoms. The summed E-state index contributed by atoms with van der Waals surface area (Å²) in [5, 5.41) is 0. The van der Waals surface area contributed by atoms with Gasteiger partial charge in [0, 0.05) is 45.1 Å². The van der Waals surface area contributed by atoms with Gasteiger partial charge in [0.15, 0.2) is 0 Å². The van der Waals surface area contributed by atoms with Crippen LogP contribution in [0.3, 0.4) is 0 Å². The van der Waals surface area contributed by atoms with Crippen molar-refractivity contribution < 1.29 is 17.9 Å². The minimum Gasteiger partial charge on any atom is -0.377 e. The number of nitrogens with zero attached hydrogens (tertiary/aromatic N) is 3. The van der Waals surface area contributed by atoms with Crippen molar-refractivity contribution in [3.63, 3.8) is 0 Å². The summed E-state index contributed by atoms with van der Waals surface area (Å²) in [7, 11) is -3.22. The Labute approximate surface area is 143 Å². The third kappa shape index (κ3) is 4.12. The van der Waals surface area contributed by atoms with Crippen LogP contribution < -0.4 is 0 Å². The van der Waals surface area contributed by atoms with Gasteiger partial charge < -0.3 is 9.47 Å². The lowest BCUT2D eigenvalue weighted by molar-refractivity contribution is -0.126. The zero-order valence-corrected chi connectivity index (χ0v) is 14.9. The highest BCUT2D eigenvalue weighted by Gasteiger charge is 2.43. The highest BCUT2D eigenvalue weighted by Crippen LogP contribution is 2.25. The van der Waals surface area contributed by atoms with Crippen LogP contribution in [0.1, 0.15) is 12.5 Å². The third-order valence-corrected chi connectivity index (χ3v) is 6.36. The smallest absolute Gasteiger partial charge is 0.214 e. The molecular formula is C16H25N3O4S. The van der Waals surface area contributed by atoms with Gasteiger partial charge in [-0.1, -0.05) is 6.07 Å². The van der Waals surface area contributed by atoms with Crippen LogP contribution in [-0.2, 0) is 26.0 Å². The Morgan fingerprint density at radius 3 is 2.92 bits per heavy atom. The maximum atomic E-state index is 12.2. The van der Waals surface area contributed by atoms with Gasteiger partial charge in [0.1, 0.15) is 5.60 Å². The Morgan fingerprint density at radius 1 is 1.29 bits per heavy atom. The second kappa shape index (κ2) is 7.45. The summed E-state index contributed by atoms with van der Waals surface area (Å²) in [6.07, 6.45) is 3.61. The molecule has 1 spiro atoms. The largest absolute Gasteiger partial charge is 0.377 e. The third-order valence-electron chi connectivity index (χ3n) is 4.53. The number of morpholine rings is 1. The standard InChI is InChI=1S/C16H25N3O4S/c1-2-24(20,21)19-7-9-23-16(13-19)12-18(6-8-22-14-16)11-15-4-3-5-17-10-15/h3-5,10H,2,6-9,11-14H2,1H3/t16-/m0/s1. The summed E-state index contributed by atoms with van der Waals surface area (Å²) >= 11 is 0. The van der Waals surface area contributed by atoms with E-state index in [9.17, 15) is 8.42 Å². The molecule has 3 rings (SSSR count). The number of hydrogen-bond acceptors (Lipinski definition) is 6. The maximum Gasteiger partial charge on any atom is 0.214 e. The van der Waals surface area contributed by atoms with Gasteiger partial charge in [-0.05, 0) is 18.6 Å². The predicted molar refractivity (Wildman–Crippen MR) is 90.0 cm³/mol. The van der Waals surface area contributed by atoms with Crippen molar-refractivity contribution in [2.75, 3.05) is 51.8 Å². The van der Waals surface area contributed by atoms with E-state index in [4.69, 9.17) is 9.47 Å². The molecule has 0 amide bonds. The molecular weight excluding hydrogens is 330 g/mol. The van der Waals surface area contributed by atoms with E-state index < -0.39 is 15.6 Å². The molecule has 1 aromatic heterocycles. The van der Waals surface area contributed by atoms with Gasteiger partial charge in [0.2, 0.25) is 10.0 Å². The fraction of sp³-hybridized carbons (Fsp3) is 0.688. The Balaban J connectivity index is 1.73. The number of rotatable bonds is 4. The van der Waals surface area contributed by atoms with E-state index in [0.29, 0.717) is 39.5 Å². The molecule has 0 unspecified atom stereocenters. The Morgan fingerprint density at radius 2 is 2.17 bits per heavy atom. The molecule has 1 aromatic rings. The van der Waals surface area contributed by atoms with Crippen LogP contribution in [0.4, 0.5) is 0 Å². The molecule has 0 aromatic carbocycles. The van der Waals surface area contributed by atoms with Crippen molar-refractivity contribution >= 4 is 10.0 Å². The molecule has 3 heterocycles. The summed E-state index contributed by atoms with van der Waals surface area (Å²) in [6, 6.07) is 3.97. The number of pyridine rings is 1. The molecule has 0 bridgehead atoms. The van der Waals surface area contributed by atoms with Crippen molar-refractivity contribution in [2.24, 2.45) is 0 Å². The molecule has 8 heteroatoms. The first kappa shape index (κ1) is 17.8. The minimum atomic E-state index is -3.22. The molecule has 2 aliphatic rings. The molecule has 0 saturated carbocycles. The van der Waals surface area contributed by atoms with Gasteiger partial charge in [-0.3, -0.25) is 9.88 Å². The van der Waals surface area contributed by atoms with Crippen molar-refractivity contribution in [2.45, 2.75) is 19.1 Å². The van der Waals surface area contributed by atoms with Gasteiger partial charge in [0.25, 0.3) is 0 Å². The summed E-state index contributed by atoms with van der Waals surface area (Å²) in [5.74, 6) is 0.114. The molecule has 0 radical (unpaired) electrons. The normalized spacial score (nSPS) is 27.2. The second-order valence-corrected chi connectivity index (χ2v) is 8.65. The topological polar surface area (TPSA) is 72.0 Å². The Bertz CT molecular complexity index is 640. The van der Waals surface area contributed by atoms with E-state index in [-0.39, 0.29) is 5.75 Å². The number of hydrogen-bond donors (Lipinski definition) is 0. The Hall–Kier alpha value is -1.06. The lowest BCUT2D eigenvalue weighted by atomic mass is 10.0. The minimum absolute atomic E-state index is 0.114. The monoisotopic (exact) mass is 355 g/mol. The van der Waals surface area contributed by atoms with E-state index in [0.717, 1.165) is 18.7 Å². The molecule has 0 aliphatic carbocycles. The first-order chi connectivity index (χ1) is 11.5. The SMILES string of the molecule is CCS(=O)(=O)N1CCO[C@]2(COCCN(Cc3cccnc3)C2)C1. The fourth-order valence-electron chi connectivity index (χ4n) is 3.28. The summed E-state index contributed by atoms with van der Waals surface area (Å²) in [5.41, 5.74) is 0.530. The highest BCUT2D eigenvalue weighted by molar-refractivity contribution is 7.89. The van der Waals surface area contributed by atoms with Crippen LogP contribution in [0.2, 0.25) is 0 Å². The molecule has 2 saturated heterocycles. The second-order valence-electron chi connectivity index (χ2n) is 6.39. The molecule has 7 nitrogen and oxygen atoms in total. The average Bonchev–Trinajstić information content (AvgIpc) is 2.78. The number of ether oxygens (including phenoxy) is 2. The van der Waals surface area contributed by atoms with Crippen LogP contribution in [-0.4, -0.2) is 80.0 Å². The first-order valence-electron chi connectivity index (χ1n) is 8.34. The van der Waals surface area contributed by atoms with E-state index in [2.05, 4.69) is 9.88 Å². The number of sulfonamides is 1. The van der Waals surface area contributed by atoms with Crippen molar-refractivity contribution in [1.29, 1.82) is 0 Å². The van der Waals surface area contributed by atoms with E-state index in [1.807, 2.05) is 18.3 Å². The quantitative estimate of drug-likeness (QED) is 0.775. The van der Waals surface area contributed by atoms with Gasteiger partial charge >= 0.3 is 0 Å². The predicted octanol–water partition coefficient (Wildman–Crippen LogP) is 0.335. The van der Waals surface area contributed by atoms with Crippen LogP contribution in [0, 0.1) is 0 Å². The maximum absolute atomic E-state index is 12.2. The van der Waals surface area contributed by atoms with Crippen molar-refractivity contribution in [1.82, 2.24) is 14.2 Å². The number of aromatic nitrogens is 1. The molecule has 2 fully saturated rings. The van der Waals surface area contributed by atoms with E-state index >= 15 is 0 Å². The first-order valence-corrected chi connectivity index (χ1v) is 9.95. The lowest BCUT2D eigenvalue weighted by Gasteiger charge is -2.42. The van der Waals surface area contributed by atoms with E-state index in [1.54, 1.807) is 17.4 Å². The highest BCUT2D eigenvalue weighted by atomic mass is 32.2. The van der Waals surface area contributed by atoms with Crippen LogP contribution in [0.25, 0.3) is 0 Å². The van der Waals surface area contributed by atoms with Crippen LogP contribution in [0.15, 0.2) is 24.5 Å². The molecule has 2 aliphatic heterocycles. The summed E-state index contributed by atoms with van der Waals surface area (Å²) < 4.78 is 37.8. The zero-order valence-electron chi connectivity index (χ0n) is 14.1. The van der Waals surface area contributed by atoms with Gasteiger partial charge in [-0.2, -0.15) is 4.31 Å². The van der Waals surface area contributed by atoms with Crippen LogP contribution in [0.5, 0.6) is 0 Å². The average molecular weight is 355 g/mol. The van der Waals surface area contributed by atoms with Gasteiger partial charge in [-0.25, -0.2) is 8.42 Å². The summed E-state index contributed by atoms with van der Waals surface area (Å²) in [6.45, 7) is 6.09. The molecule has 0 N–H and O–H groups in total. The summed E-state index contributed by atoms with van der Waals surface area (Å²) in [4.78, 5) is 6.41.